The average molecular weight is 162 g/mol. The van der Waals surface area contributed by atoms with Crippen LogP contribution in [0.25, 0.3) is 0 Å². The molecule has 2 heteroatoms. The quantitative estimate of drug-likeness (QED) is 0.373. The Labute approximate surface area is 57.2 Å². The molecular weight excluding hydrogens is 152 g/mol. The Hall–Kier alpha value is 0.296. The molecule has 0 nitrogen and oxygen atoms in total. The van der Waals surface area contributed by atoms with Gasteiger partial charge in [-0.1, -0.05) is 19.6 Å². The molecule has 0 aliphatic carbocycles. The van der Waals surface area contributed by atoms with Crippen molar-refractivity contribution in [2.75, 3.05) is 0 Å². The van der Waals surface area contributed by atoms with Crippen molar-refractivity contribution in [2.45, 2.75) is 19.6 Å². The van der Waals surface area contributed by atoms with Gasteiger partial charge in [0.15, 0.2) is 0 Å². The zero-order valence-corrected chi connectivity index (χ0v) is 6.82. The molecule has 0 amide bonds. The van der Waals surface area contributed by atoms with E-state index in [1.807, 2.05) is 0 Å². The van der Waals surface area contributed by atoms with Gasteiger partial charge < -0.3 is 0 Å². The van der Waals surface area contributed by atoms with E-state index < -0.39 is 8.07 Å². The minimum Gasteiger partial charge on any atom is -0.135 e. The number of rotatable bonds is 0. The molecule has 0 saturated carbocycles. The summed E-state index contributed by atoms with van der Waals surface area (Å²) in [6.07, 6.45) is 5.12. The van der Waals surface area contributed by atoms with Gasteiger partial charge in [-0.25, -0.2) is 0 Å². The van der Waals surface area contributed by atoms with Gasteiger partial charge in [0.05, 0.1) is 0 Å². The van der Waals surface area contributed by atoms with Crippen LogP contribution >= 0.6 is 0 Å². The van der Waals surface area contributed by atoms with Crippen LogP contribution in [0.2, 0.25) is 19.6 Å². The number of hydrogen-bond acceptors (Lipinski definition) is 0. The van der Waals surface area contributed by atoms with Gasteiger partial charge in [0.1, 0.15) is 8.07 Å². The minimum atomic E-state index is -1.10. The summed E-state index contributed by atoms with van der Waals surface area (Å²) >= 11 is 0. The topological polar surface area (TPSA) is 0 Å². The Morgan fingerprint density at radius 2 is 1.43 bits per heavy atom. The van der Waals surface area contributed by atoms with Gasteiger partial charge in [0, 0.05) is 17.1 Å². The van der Waals surface area contributed by atoms with Crippen molar-refractivity contribution in [1.29, 1.82) is 0 Å². The van der Waals surface area contributed by atoms with E-state index in [9.17, 15) is 0 Å². The van der Waals surface area contributed by atoms with Crippen LogP contribution in [-0.4, -0.2) is 8.07 Å². The third-order valence-electron chi connectivity index (χ3n) is 0.433. The molecule has 7 heavy (non-hydrogen) atoms. The van der Waals surface area contributed by atoms with E-state index in [4.69, 9.17) is 6.42 Å². The summed E-state index contributed by atoms with van der Waals surface area (Å²) in [5.41, 5.74) is 2.74. The van der Waals surface area contributed by atoms with Crippen molar-refractivity contribution >= 4 is 8.07 Å². The van der Waals surface area contributed by atoms with Crippen LogP contribution in [-0.2, 0) is 17.1 Å². The van der Waals surface area contributed by atoms with Crippen molar-refractivity contribution in [3.8, 4) is 12.0 Å². The second kappa shape index (κ2) is 3.32. The molecule has 0 unspecified atom stereocenters. The molecule has 0 spiro atoms. The third-order valence-corrected chi connectivity index (χ3v) is 1.30. The first-order valence-electron chi connectivity index (χ1n) is 2.04. The summed E-state index contributed by atoms with van der Waals surface area (Å²) in [4.78, 5) is 0. The monoisotopic (exact) mass is 161 g/mol. The van der Waals surface area contributed by atoms with Crippen LogP contribution in [0.3, 0.4) is 0 Å². The molecule has 0 saturated heterocycles. The second-order valence-electron chi connectivity index (χ2n) is 2.39. The van der Waals surface area contributed by atoms with Gasteiger partial charge in [0.25, 0.3) is 0 Å². The Morgan fingerprint density at radius 3 is 1.43 bits per heavy atom. The fraction of sp³-hybridized carbons (Fsp3) is 0.600. The Balaban J connectivity index is 0. The summed E-state index contributed by atoms with van der Waals surface area (Å²) in [6.45, 7) is 6.44. The maximum absolute atomic E-state index is 5.12. The Morgan fingerprint density at radius 1 is 1.29 bits per heavy atom. The summed E-state index contributed by atoms with van der Waals surface area (Å²) in [6, 6.07) is 0. The number of terminal acetylenes is 1. The van der Waals surface area contributed by atoms with E-state index in [1.165, 1.54) is 0 Å². The molecule has 0 rings (SSSR count). The van der Waals surface area contributed by atoms with Crippen LogP contribution in [0, 0.1) is 12.0 Å². The van der Waals surface area contributed by atoms with Crippen LogP contribution in [0.15, 0.2) is 0 Å². The van der Waals surface area contributed by atoms with Crippen molar-refractivity contribution in [3.05, 3.63) is 0 Å². The zero-order valence-electron chi connectivity index (χ0n) is 4.88. The van der Waals surface area contributed by atoms with Gasteiger partial charge in [-0.05, 0) is 0 Å². The first-order valence-corrected chi connectivity index (χ1v) is 5.54. The van der Waals surface area contributed by atoms with Gasteiger partial charge in [-0.15, -0.1) is 12.0 Å². The standard InChI is InChI=1S/C5H10Si.Cu/c1-5-6(2,3)4;/h1H,2-4H3;. The molecule has 0 fully saturated rings. The number of hydrogen-bond donors (Lipinski definition) is 0. The summed E-state index contributed by atoms with van der Waals surface area (Å²) in [5.74, 6) is 0. The van der Waals surface area contributed by atoms with Gasteiger partial charge in [-0.2, -0.15) is 0 Å². The van der Waals surface area contributed by atoms with Gasteiger partial charge in [-0.3, -0.25) is 0 Å². The molecule has 45 valence electrons. The second-order valence-corrected chi connectivity index (χ2v) is 7.18. The van der Waals surface area contributed by atoms with E-state index in [0.717, 1.165) is 0 Å². The third kappa shape index (κ3) is 10.7. The molecule has 0 aliphatic rings. The normalized spacial score (nSPS) is 8.86. The summed E-state index contributed by atoms with van der Waals surface area (Å²) in [5, 5.41) is 0. The fourth-order valence-electron chi connectivity index (χ4n) is 0. The van der Waals surface area contributed by atoms with E-state index >= 15 is 0 Å². The van der Waals surface area contributed by atoms with Crippen molar-refractivity contribution in [2.24, 2.45) is 0 Å². The SMILES string of the molecule is C#C[Si](C)(C)C.[Cu]. The maximum atomic E-state index is 5.12. The largest absolute Gasteiger partial charge is 0.135 e. The van der Waals surface area contributed by atoms with Crippen LogP contribution in [0.1, 0.15) is 0 Å². The van der Waals surface area contributed by atoms with Crippen LogP contribution in [0.4, 0.5) is 0 Å². The summed E-state index contributed by atoms with van der Waals surface area (Å²) < 4.78 is 0. The smallest absolute Gasteiger partial charge is 0.128 e. The van der Waals surface area contributed by atoms with Crippen LogP contribution in [0.5, 0.6) is 0 Å². The molecule has 0 heterocycles. The zero-order chi connectivity index (χ0) is 5.21. The predicted molar refractivity (Wildman–Crippen MR) is 32.2 cm³/mol. The van der Waals surface area contributed by atoms with E-state index in [2.05, 4.69) is 25.2 Å². The van der Waals surface area contributed by atoms with Gasteiger partial charge in [0.2, 0.25) is 0 Å². The minimum absolute atomic E-state index is 0. The van der Waals surface area contributed by atoms with Crippen LogP contribution < -0.4 is 0 Å². The molecule has 0 aliphatic heterocycles. The van der Waals surface area contributed by atoms with Gasteiger partial charge >= 0.3 is 0 Å². The molecule has 0 bridgehead atoms. The summed E-state index contributed by atoms with van der Waals surface area (Å²) in [7, 11) is -1.10. The molecular formula is C5H10CuSi. The van der Waals surface area contributed by atoms with Crippen molar-refractivity contribution in [1.82, 2.24) is 0 Å². The van der Waals surface area contributed by atoms with E-state index in [0.29, 0.717) is 0 Å². The molecule has 0 aromatic rings. The van der Waals surface area contributed by atoms with E-state index in [1.54, 1.807) is 0 Å². The Bertz CT molecular complexity index is 75.1. The molecule has 0 N–H and O–H groups in total. The fourth-order valence-corrected chi connectivity index (χ4v) is 0. The molecule has 0 atom stereocenters. The molecule has 1 radical (unpaired) electrons. The van der Waals surface area contributed by atoms with Crippen molar-refractivity contribution in [3.63, 3.8) is 0 Å². The van der Waals surface area contributed by atoms with Crippen molar-refractivity contribution < 1.29 is 17.1 Å². The first kappa shape index (κ1) is 10.3. The maximum Gasteiger partial charge on any atom is 0.128 e. The first-order chi connectivity index (χ1) is 2.56. The molecule has 0 aromatic carbocycles. The predicted octanol–water partition coefficient (Wildman–Crippen LogP) is 1.49. The average Bonchev–Trinajstić information content (AvgIpc) is 1.35. The molecule has 0 aromatic heterocycles. The Kier molecular flexibility index (Phi) is 4.89. The van der Waals surface area contributed by atoms with E-state index in [-0.39, 0.29) is 17.1 Å².